The molecule has 1 aliphatic rings. The number of aryl methyl sites for hydroxylation is 1. The second kappa shape index (κ2) is 9.02. The quantitative estimate of drug-likeness (QED) is 0.326. The summed E-state index contributed by atoms with van der Waals surface area (Å²) in [5, 5.41) is 11.3. The van der Waals surface area contributed by atoms with E-state index < -0.39 is 29.3 Å². The van der Waals surface area contributed by atoms with Gasteiger partial charge in [-0.05, 0) is 66.9 Å². The van der Waals surface area contributed by atoms with E-state index in [1.165, 1.54) is 31.3 Å². The number of benzene rings is 3. The maximum atomic E-state index is 14.1. The number of aliphatic hydroxyl groups is 1. The lowest BCUT2D eigenvalue weighted by atomic mass is 9.94. The van der Waals surface area contributed by atoms with Gasteiger partial charge in [-0.3, -0.25) is 14.5 Å². The van der Waals surface area contributed by atoms with E-state index in [-0.39, 0.29) is 16.9 Å². The number of hydrogen-bond acceptors (Lipinski definition) is 5. The molecule has 1 N–H and O–H groups in total. The molecular formula is C27H24FNO5. The number of ether oxygens (including phenoxy) is 2. The summed E-state index contributed by atoms with van der Waals surface area (Å²) in [6.45, 7) is 3.77. The molecule has 1 unspecified atom stereocenters. The first-order chi connectivity index (χ1) is 16.3. The molecule has 0 aliphatic carbocycles. The van der Waals surface area contributed by atoms with Crippen LogP contribution in [0, 0.1) is 19.7 Å². The van der Waals surface area contributed by atoms with Gasteiger partial charge in [0.25, 0.3) is 11.7 Å². The standard InChI is InChI=1S/C27H24FNO5/c1-15-7-5-10-21(16(15)2)29-24(17-8-6-9-19(13-17)33-3)23(26(31)27(29)32)25(30)20-14-18(28)11-12-22(20)34-4/h5-14,24,30H,1-4H3/b25-23+. The van der Waals surface area contributed by atoms with Gasteiger partial charge in [-0.15, -0.1) is 0 Å². The molecule has 3 aromatic carbocycles. The lowest BCUT2D eigenvalue weighted by Crippen LogP contribution is -2.30. The van der Waals surface area contributed by atoms with Gasteiger partial charge in [0.2, 0.25) is 0 Å². The molecule has 1 amide bonds. The van der Waals surface area contributed by atoms with Crippen molar-refractivity contribution >= 4 is 23.1 Å². The highest BCUT2D eigenvalue weighted by atomic mass is 19.1. The van der Waals surface area contributed by atoms with Gasteiger partial charge in [-0.2, -0.15) is 0 Å². The van der Waals surface area contributed by atoms with Crippen LogP contribution in [0.1, 0.15) is 28.3 Å². The molecular weight excluding hydrogens is 437 g/mol. The van der Waals surface area contributed by atoms with Crippen LogP contribution in [0.2, 0.25) is 0 Å². The van der Waals surface area contributed by atoms with Crippen molar-refractivity contribution in [2.45, 2.75) is 19.9 Å². The number of Topliss-reactive ketones (excluding diaryl/α,β-unsaturated/α-hetero) is 1. The fourth-order valence-electron chi connectivity index (χ4n) is 4.21. The molecule has 34 heavy (non-hydrogen) atoms. The van der Waals surface area contributed by atoms with Gasteiger partial charge in [0.1, 0.15) is 23.1 Å². The molecule has 4 rings (SSSR count). The van der Waals surface area contributed by atoms with Crippen molar-refractivity contribution in [1.29, 1.82) is 0 Å². The molecule has 0 spiro atoms. The zero-order valence-electron chi connectivity index (χ0n) is 19.3. The predicted molar refractivity (Wildman–Crippen MR) is 127 cm³/mol. The molecule has 7 heteroatoms. The van der Waals surface area contributed by atoms with Gasteiger partial charge in [0, 0.05) is 5.69 Å². The zero-order chi connectivity index (χ0) is 24.6. The maximum absolute atomic E-state index is 14.1. The molecule has 174 valence electrons. The first-order valence-electron chi connectivity index (χ1n) is 10.6. The van der Waals surface area contributed by atoms with Crippen LogP contribution in [0.15, 0.2) is 66.2 Å². The van der Waals surface area contributed by atoms with Crippen molar-refractivity contribution < 1.29 is 28.6 Å². The second-order valence-corrected chi connectivity index (χ2v) is 8.01. The third-order valence-corrected chi connectivity index (χ3v) is 6.11. The van der Waals surface area contributed by atoms with Gasteiger partial charge in [-0.25, -0.2) is 4.39 Å². The molecule has 1 heterocycles. The molecule has 1 fully saturated rings. The maximum Gasteiger partial charge on any atom is 0.300 e. The van der Waals surface area contributed by atoms with E-state index in [2.05, 4.69) is 0 Å². The van der Waals surface area contributed by atoms with Crippen molar-refractivity contribution in [3.63, 3.8) is 0 Å². The van der Waals surface area contributed by atoms with E-state index in [0.29, 0.717) is 17.0 Å². The van der Waals surface area contributed by atoms with E-state index in [1.54, 1.807) is 36.4 Å². The highest BCUT2D eigenvalue weighted by molar-refractivity contribution is 6.51. The van der Waals surface area contributed by atoms with Crippen LogP contribution in [0.3, 0.4) is 0 Å². The molecule has 0 aromatic heterocycles. The number of hydrogen-bond donors (Lipinski definition) is 1. The van der Waals surface area contributed by atoms with Gasteiger partial charge in [0.15, 0.2) is 0 Å². The largest absolute Gasteiger partial charge is 0.507 e. The Bertz CT molecular complexity index is 1330. The second-order valence-electron chi connectivity index (χ2n) is 8.01. The summed E-state index contributed by atoms with van der Waals surface area (Å²) in [5.74, 6) is -2.12. The monoisotopic (exact) mass is 461 g/mol. The molecule has 1 atom stereocenters. The highest BCUT2D eigenvalue weighted by Crippen LogP contribution is 2.45. The number of anilines is 1. The fraction of sp³-hybridized carbons (Fsp3) is 0.185. The topological polar surface area (TPSA) is 76.1 Å². The van der Waals surface area contributed by atoms with Gasteiger partial charge in [0.05, 0.1) is 31.4 Å². The summed E-state index contributed by atoms with van der Waals surface area (Å²) in [7, 11) is 2.89. The summed E-state index contributed by atoms with van der Waals surface area (Å²) in [6.07, 6.45) is 0. The first-order valence-corrected chi connectivity index (χ1v) is 10.6. The van der Waals surface area contributed by atoms with Crippen LogP contribution in [0.4, 0.5) is 10.1 Å². The molecule has 1 saturated heterocycles. The summed E-state index contributed by atoms with van der Waals surface area (Å²) in [5.41, 5.74) is 2.67. The minimum Gasteiger partial charge on any atom is -0.507 e. The minimum absolute atomic E-state index is 0.0191. The lowest BCUT2D eigenvalue weighted by Gasteiger charge is -2.27. The number of amides is 1. The fourth-order valence-corrected chi connectivity index (χ4v) is 4.21. The van der Waals surface area contributed by atoms with Crippen LogP contribution in [-0.2, 0) is 9.59 Å². The summed E-state index contributed by atoms with van der Waals surface area (Å²) in [6, 6.07) is 15.0. The Balaban J connectivity index is 2.03. The van der Waals surface area contributed by atoms with E-state index in [9.17, 15) is 19.1 Å². The Morgan fingerprint density at radius 3 is 2.41 bits per heavy atom. The average Bonchev–Trinajstić information content (AvgIpc) is 3.10. The van der Waals surface area contributed by atoms with Crippen molar-refractivity contribution in [1.82, 2.24) is 0 Å². The third kappa shape index (κ3) is 3.79. The van der Waals surface area contributed by atoms with E-state index >= 15 is 0 Å². The van der Waals surface area contributed by atoms with Crippen LogP contribution in [-0.4, -0.2) is 31.0 Å². The number of ketones is 1. The van der Waals surface area contributed by atoms with Gasteiger partial charge in [-0.1, -0.05) is 24.3 Å². The van der Waals surface area contributed by atoms with E-state index in [4.69, 9.17) is 9.47 Å². The summed E-state index contributed by atoms with van der Waals surface area (Å²) >= 11 is 0. The Morgan fingerprint density at radius 1 is 0.971 bits per heavy atom. The van der Waals surface area contributed by atoms with Crippen LogP contribution in [0.25, 0.3) is 5.76 Å². The predicted octanol–water partition coefficient (Wildman–Crippen LogP) is 5.09. The smallest absolute Gasteiger partial charge is 0.300 e. The molecule has 1 aliphatic heterocycles. The minimum atomic E-state index is -0.969. The Kier molecular flexibility index (Phi) is 6.11. The lowest BCUT2D eigenvalue weighted by molar-refractivity contribution is -0.132. The van der Waals surface area contributed by atoms with Gasteiger partial charge >= 0.3 is 0 Å². The first kappa shape index (κ1) is 23.0. The Labute approximate surface area is 196 Å². The summed E-state index contributed by atoms with van der Waals surface area (Å²) in [4.78, 5) is 28.1. The molecule has 0 saturated carbocycles. The number of rotatable bonds is 5. The van der Waals surface area contributed by atoms with E-state index in [0.717, 1.165) is 17.2 Å². The molecule has 0 radical (unpaired) electrons. The highest BCUT2D eigenvalue weighted by Gasteiger charge is 2.47. The number of methoxy groups -OCH3 is 2. The molecule has 3 aromatic rings. The third-order valence-electron chi connectivity index (χ3n) is 6.11. The van der Waals surface area contributed by atoms with Crippen LogP contribution in [0.5, 0.6) is 11.5 Å². The Morgan fingerprint density at radius 2 is 1.71 bits per heavy atom. The number of aliphatic hydroxyl groups excluding tert-OH is 1. The van der Waals surface area contributed by atoms with Crippen molar-refractivity contribution in [2.75, 3.05) is 19.1 Å². The number of carbonyl (C=O) groups is 2. The van der Waals surface area contributed by atoms with Crippen LogP contribution >= 0.6 is 0 Å². The normalized spacial score (nSPS) is 17.2. The number of nitrogens with zero attached hydrogens (tertiary/aromatic N) is 1. The SMILES string of the molecule is COc1cccc(C2/C(=C(\O)c3cc(F)ccc3OC)C(=O)C(=O)N2c2cccc(C)c2C)c1. The van der Waals surface area contributed by atoms with Gasteiger partial charge < -0.3 is 14.6 Å². The average molecular weight is 461 g/mol. The van der Waals surface area contributed by atoms with Crippen LogP contribution < -0.4 is 14.4 Å². The van der Waals surface area contributed by atoms with Crippen molar-refractivity contribution in [3.05, 3.63) is 94.3 Å². The number of halogens is 1. The van der Waals surface area contributed by atoms with Crippen molar-refractivity contribution in [3.8, 4) is 11.5 Å². The molecule has 6 nitrogen and oxygen atoms in total. The Hall–Kier alpha value is -4.13. The number of carbonyl (C=O) groups excluding carboxylic acids is 2. The molecule has 0 bridgehead atoms. The van der Waals surface area contributed by atoms with Crippen molar-refractivity contribution in [2.24, 2.45) is 0 Å². The zero-order valence-corrected chi connectivity index (χ0v) is 19.3. The summed E-state index contributed by atoms with van der Waals surface area (Å²) < 4.78 is 24.7. The van der Waals surface area contributed by atoms with E-state index in [1.807, 2.05) is 19.9 Å².